The monoisotopic (exact) mass is 299 g/mol. The van der Waals surface area contributed by atoms with Crippen LogP contribution in [0, 0.1) is 5.92 Å². The molecule has 0 bridgehead atoms. The molecule has 0 saturated heterocycles. The van der Waals surface area contributed by atoms with Crippen molar-refractivity contribution in [3.05, 3.63) is 35.0 Å². The van der Waals surface area contributed by atoms with Gasteiger partial charge in [0, 0.05) is 29.2 Å². The summed E-state index contributed by atoms with van der Waals surface area (Å²) in [7, 11) is 1.55. The Morgan fingerprint density at radius 3 is 2.95 bits per heavy atom. The van der Waals surface area contributed by atoms with Gasteiger partial charge in [0.05, 0.1) is 6.54 Å². The van der Waals surface area contributed by atoms with Gasteiger partial charge >= 0.3 is 0 Å². The summed E-state index contributed by atoms with van der Waals surface area (Å²) in [6.07, 6.45) is 3.33. The summed E-state index contributed by atoms with van der Waals surface area (Å²) in [4.78, 5) is 26.8. The van der Waals surface area contributed by atoms with Crippen LogP contribution >= 0.6 is 0 Å². The number of fused-ring (bicyclic) bond motifs is 3. The molecule has 1 aromatic carbocycles. The second-order valence-electron chi connectivity index (χ2n) is 6.05. The minimum atomic E-state index is -0.218. The first-order chi connectivity index (χ1) is 10.6. The maximum absolute atomic E-state index is 12.2. The molecule has 0 aliphatic heterocycles. The maximum Gasteiger partial charge on any atom is 0.251 e. The molecular weight excluding hydrogens is 278 g/mol. The fraction of sp³-hybridized carbons (Fsp3) is 0.412. The molecule has 0 spiro atoms. The van der Waals surface area contributed by atoms with Crippen molar-refractivity contribution in [3.8, 4) is 0 Å². The third kappa shape index (κ3) is 2.71. The van der Waals surface area contributed by atoms with E-state index in [9.17, 15) is 9.59 Å². The summed E-state index contributed by atoms with van der Waals surface area (Å²) in [6, 6.07) is 5.68. The van der Waals surface area contributed by atoms with Gasteiger partial charge < -0.3 is 15.6 Å². The van der Waals surface area contributed by atoms with Crippen molar-refractivity contribution < 1.29 is 9.59 Å². The molecule has 0 unspecified atom stereocenters. The molecule has 116 valence electrons. The van der Waals surface area contributed by atoms with E-state index in [0.29, 0.717) is 11.5 Å². The number of aromatic amines is 1. The molecule has 1 aliphatic rings. The van der Waals surface area contributed by atoms with Crippen LogP contribution < -0.4 is 10.6 Å². The minimum Gasteiger partial charge on any atom is -0.358 e. The van der Waals surface area contributed by atoms with E-state index in [-0.39, 0.29) is 18.4 Å². The molecule has 3 N–H and O–H groups in total. The van der Waals surface area contributed by atoms with Gasteiger partial charge in [0.25, 0.3) is 5.91 Å². The zero-order chi connectivity index (χ0) is 15.7. The second-order valence-corrected chi connectivity index (χ2v) is 6.05. The van der Waals surface area contributed by atoms with Crippen LogP contribution in [0.1, 0.15) is 35.0 Å². The number of H-pyrrole nitrogens is 1. The molecule has 5 heteroatoms. The van der Waals surface area contributed by atoms with Crippen LogP contribution in [0.25, 0.3) is 10.9 Å². The Bertz CT molecular complexity index is 733. The van der Waals surface area contributed by atoms with E-state index in [4.69, 9.17) is 0 Å². The Balaban J connectivity index is 1.87. The van der Waals surface area contributed by atoms with Crippen molar-refractivity contribution in [2.24, 2.45) is 5.92 Å². The topological polar surface area (TPSA) is 74.0 Å². The molecule has 2 aromatic rings. The van der Waals surface area contributed by atoms with E-state index in [1.807, 2.05) is 12.1 Å². The Kier molecular flexibility index (Phi) is 3.88. The van der Waals surface area contributed by atoms with Gasteiger partial charge in [-0.25, -0.2) is 0 Å². The van der Waals surface area contributed by atoms with E-state index >= 15 is 0 Å². The molecule has 1 heterocycles. The van der Waals surface area contributed by atoms with Gasteiger partial charge in [0.2, 0.25) is 5.91 Å². The molecule has 3 rings (SSSR count). The van der Waals surface area contributed by atoms with Crippen LogP contribution in [0.3, 0.4) is 0 Å². The number of hydrogen-bond donors (Lipinski definition) is 3. The first-order valence-electron chi connectivity index (χ1n) is 7.70. The van der Waals surface area contributed by atoms with Gasteiger partial charge in [-0.1, -0.05) is 6.92 Å². The molecule has 0 fully saturated rings. The highest BCUT2D eigenvalue weighted by atomic mass is 16.2. The van der Waals surface area contributed by atoms with Gasteiger partial charge in [-0.3, -0.25) is 9.59 Å². The third-order valence-electron chi connectivity index (χ3n) is 4.38. The lowest BCUT2D eigenvalue weighted by atomic mass is 9.87. The number of carbonyl (C=O) groups is 2. The Labute approximate surface area is 129 Å². The predicted molar refractivity (Wildman–Crippen MR) is 85.9 cm³/mol. The molecule has 0 saturated carbocycles. The molecule has 5 nitrogen and oxygen atoms in total. The minimum absolute atomic E-state index is 0.00432. The Morgan fingerprint density at radius 1 is 1.36 bits per heavy atom. The number of hydrogen-bond acceptors (Lipinski definition) is 2. The third-order valence-corrected chi connectivity index (χ3v) is 4.38. The molecule has 1 aromatic heterocycles. The zero-order valence-corrected chi connectivity index (χ0v) is 13.0. The largest absolute Gasteiger partial charge is 0.358 e. The molecule has 2 amide bonds. The lowest BCUT2D eigenvalue weighted by Gasteiger charge is -2.18. The van der Waals surface area contributed by atoms with Gasteiger partial charge in [-0.15, -0.1) is 0 Å². The summed E-state index contributed by atoms with van der Waals surface area (Å²) >= 11 is 0. The SMILES string of the molecule is CNC(=O)CNC(=O)c1ccc2[nH]c3c(c2c1)C[C@H](C)CC3. The van der Waals surface area contributed by atoms with Gasteiger partial charge in [-0.05, 0) is 48.9 Å². The van der Waals surface area contributed by atoms with E-state index in [1.54, 1.807) is 13.1 Å². The number of rotatable bonds is 3. The molecule has 22 heavy (non-hydrogen) atoms. The van der Waals surface area contributed by atoms with Gasteiger partial charge in [0.1, 0.15) is 0 Å². The number of likely N-dealkylation sites (N-methyl/N-ethyl adjacent to an activating group) is 1. The zero-order valence-electron chi connectivity index (χ0n) is 13.0. The normalized spacial score (nSPS) is 17.1. The average molecular weight is 299 g/mol. The first kappa shape index (κ1) is 14.6. The standard InChI is InChI=1S/C17H21N3O2/c1-10-3-5-14-12(7-10)13-8-11(4-6-15(13)20-14)17(22)19-9-16(21)18-2/h4,6,8,10,20H,3,5,7,9H2,1-2H3,(H,18,21)(H,19,22)/t10-/m1/s1. The van der Waals surface area contributed by atoms with Crippen molar-refractivity contribution in [2.45, 2.75) is 26.2 Å². The lowest BCUT2D eigenvalue weighted by molar-refractivity contribution is -0.119. The van der Waals surface area contributed by atoms with Crippen molar-refractivity contribution in [3.63, 3.8) is 0 Å². The fourth-order valence-corrected chi connectivity index (χ4v) is 3.08. The molecule has 0 radical (unpaired) electrons. The first-order valence-corrected chi connectivity index (χ1v) is 7.70. The van der Waals surface area contributed by atoms with Crippen LogP contribution in [0.2, 0.25) is 0 Å². The summed E-state index contributed by atoms with van der Waals surface area (Å²) < 4.78 is 0. The quantitative estimate of drug-likeness (QED) is 0.808. The number of aromatic nitrogens is 1. The molecular formula is C17H21N3O2. The van der Waals surface area contributed by atoms with Crippen LogP contribution in [-0.4, -0.2) is 30.4 Å². The van der Waals surface area contributed by atoms with Crippen LogP contribution in [0.15, 0.2) is 18.2 Å². The van der Waals surface area contributed by atoms with Crippen molar-refractivity contribution >= 4 is 22.7 Å². The fourth-order valence-electron chi connectivity index (χ4n) is 3.08. The van der Waals surface area contributed by atoms with E-state index in [2.05, 4.69) is 22.5 Å². The van der Waals surface area contributed by atoms with Crippen LogP contribution in [0.4, 0.5) is 0 Å². The number of nitrogens with one attached hydrogen (secondary N) is 3. The number of aryl methyl sites for hydroxylation is 1. The number of benzene rings is 1. The van der Waals surface area contributed by atoms with Crippen molar-refractivity contribution in [1.29, 1.82) is 0 Å². The van der Waals surface area contributed by atoms with Crippen LogP contribution in [-0.2, 0) is 17.6 Å². The molecule has 1 atom stereocenters. The van der Waals surface area contributed by atoms with E-state index < -0.39 is 0 Å². The summed E-state index contributed by atoms with van der Waals surface area (Å²) in [5, 5.41) is 6.25. The van der Waals surface area contributed by atoms with Crippen molar-refractivity contribution in [1.82, 2.24) is 15.6 Å². The second kappa shape index (κ2) is 5.83. The lowest BCUT2D eigenvalue weighted by Crippen LogP contribution is -2.35. The van der Waals surface area contributed by atoms with E-state index in [1.165, 1.54) is 17.7 Å². The molecule has 1 aliphatic carbocycles. The van der Waals surface area contributed by atoms with Gasteiger partial charge in [0.15, 0.2) is 0 Å². The smallest absolute Gasteiger partial charge is 0.251 e. The van der Waals surface area contributed by atoms with Gasteiger partial charge in [-0.2, -0.15) is 0 Å². The summed E-state index contributed by atoms with van der Waals surface area (Å²) in [5.41, 5.74) is 4.32. The summed E-state index contributed by atoms with van der Waals surface area (Å²) in [5.74, 6) is 0.254. The highest BCUT2D eigenvalue weighted by Crippen LogP contribution is 2.32. The highest BCUT2D eigenvalue weighted by Gasteiger charge is 2.20. The van der Waals surface area contributed by atoms with Crippen LogP contribution in [0.5, 0.6) is 0 Å². The Morgan fingerprint density at radius 2 is 2.18 bits per heavy atom. The maximum atomic E-state index is 12.2. The average Bonchev–Trinajstić information content (AvgIpc) is 2.89. The van der Waals surface area contributed by atoms with E-state index in [0.717, 1.165) is 23.7 Å². The number of carbonyl (C=O) groups excluding carboxylic acids is 2. The number of amides is 2. The predicted octanol–water partition coefficient (Wildman–Crippen LogP) is 1.77. The summed E-state index contributed by atoms with van der Waals surface area (Å²) in [6.45, 7) is 2.26. The highest BCUT2D eigenvalue weighted by molar-refractivity contribution is 6.00. The van der Waals surface area contributed by atoms with Crippen molar-refractivity contribution in [2.75, 3.05) is 13.6 Å². The Hall–Kier alpha value is -2.30.